The first-order valence-corrected chi connectivity index (χ1v) is 8.37. The van der Waals surface area contributed by atoms with Gasteiger partial charge in [0.15, 0.2) is 0 Å². The average Bonchev–Trinajstić information content (AvgIpc) is 2.46. The van der Waals surface area contributed by atoms with E-state index in [1.807, 2.05) is 23.9 Å². The molecule has 1 atom stereocenters. The van der Waals surface area contributed by atoms with E-state index in [1.165, 1.54) is 5.56 Å². The summed E-state index contributed by atoms with van der Waals surface area (Å²) in [5.74, 6) is -0.167. The van der Waals surface area contributed by atoms with Crippen molar-refractivity contribution in [1.29, 1.82) is 0 Å². The summed E-state index contributed by atoms with van der Waals surface area (Å²) in [6.45, 7) is 7.66. The lowest BCUT2D eigenvalue weighted by atomic mass is 9.99. The molecule has 3 heteroatoms. The van der Waals surface area contributed by atoms with Gasteiger partial charge in [0.25, 0.3) is 0 Å². The van der Waals surface area contributed by atoms with Gasteiger partial charge in [0.2, 0.25) is 0 Å². The van der Waals surface area contributed by atoms with Crippen LogP contribution in [0.5, 0.6) is 0 Å². The molecule has 108 valence electrons. The summed E-state index contributed by atoms with van der Waals surface area (Å²) in [7, 11) is 0. The molecule has 0 aliphatic heterocycles. The third kappa shape index (κ3) is 4.50. The standard InChI is InChI=1S/C16H26FNS/c1-5-15(13-8-10-14(17)11-9-13)18-12-16(6-2,7-3)19-4/h8-11,15,18H,5-7,12H2,1-4H3. The van der Waals surface area contributed by atoms with Crippen molar-refractivity contribution in [3.8, 4) is 0 Å². The van der Waals surface area contributed by atoms with E-state index in [9.17, 15) is 4.39 Å². The summed E-state index contributed by atoms with van der Waals surface area (Å²) in [5, 5.41) is 3.66. The zero-order valence-corrected chi connectivity index (χ0v) is 13.3. The number of rotatable bonds is 8. The SMILES string of the molecule is CCC(NCC(CC)(CC)SC)c1ccc(F)cc1. The van der Waals surface area contributed by atoms with Crippen LogP contribution in [0.15, 0.2) is 24.3 Å². The zero-order chi connectivity index (χ0) is 14.3. The summed E-state index contributed by atoms with van der Waals surface area (Å²) in [6.07, 6.45) is 5.53. The molecule has 0 bridgehead atoms. The lowest BCUT2D eigenvalue weighted by Crippen LogP contribution is -2.38. The van der Waals surface area contributed by atoms with Crippen molar-refractivity contribution in [1.82, 2.24) is 5.32 Å². The van der Waals surface area contributed by atoms with E-state index in [0.29, 0.717) is 10.8 Å². The minimum atomic E-state index is -0.167. The molecule has 0 fully saturated rings. The summed E-state index contributed by atoms with van der Waals surface area (Å²) in [5.41, 5.74) is 1.17. The molecule has 1 aromatic carbocycles. The van der Waals surface area contributed by atoms with E-state index in [1.54, 1.807) is 12.1 Å². The lowest BCUT2D eigenvalue weighted by molar-refractivity contribution is 0.438. The van der Waals surface area contributed by atoms with Crippen LogP contribution in [0.4, 0.5) is 4.39 Å². The Bertz CT molecular complexity index is 351. The van der Waals surface area contributed by atoms with Crippen LogP contribution in [0, 0.1) is 5.82 Å². The fraction of sp³-hybridized carbons (Fsp3) is 0.625. The molecule has 0 aromatic heterocycles. The van der Waals surface area contributed by atoms with Crippen LogP contribution in [0.1, 0.15) is 51.6 Å². The zero-order valence-electron chi connectivity index (χ0n) is 12.5. The van der Waals surface area contributed by atoms with Gasteiger partial charge in [-0.1, -0.05) is 32.9 Å². The van der Waals surface area contributed by atoms with Crippen molar-refractivity contribution in [2.45, 2.75) is 50.8 Å². The molecule has 1 unspecified atom stereocenters. The highest BCUT2D eigenvalue weighted by Crippen LogP contribution is 2.30. The second-order valence-corrected chi connectivity index (χ2v) is 6.26. The molecule has 0 saturated carbocycles. The Kier molecular flexibility index (Phi) is 6.87. The first kappa shape index (κ1) is 16.5. The fourth-order valence-corrected chi connectivity index (χ4v) is 3.17. The Morgan fingerprint density at radius 3 is 2.16 bits per heavy atom. The fourth-order valence-electron chi connectivity index (χ4n) is 2.36. The van der Waals surface area contributed by atoms with Crippen molar-refractivity contribution < 1.29 is 4.39 Å². The maximum absolute atomic E-state index is 13.0. The molecule has 0 aliphatic rings. The monoisotopic (exact) mass is 283 g/mol. The number of hydrogen-bond donors (Lipinski definition) is 1. The highest BCUT2D eigenvalue weighted by molar-refractivity contribution is 8.00. The third-order valence-corrected chi connectivity index (χ3v) is 5.66. The lowest BCUT2D eigenvalue weighted by Gasteiger charge is -2.32. The number of halogens is 1. The molecule has 1 N–H and O–H groups in total. The van der Waals surface area contributed by atoms with Gasteiger partial charge in [-0.25, -0.2) is 4.39 Å². The number of benzene rings is 1. The molecular formula is C16H26FNS. The van der Waals surface area contributed by atoms with Crippen molar-refractivity contribution in [2.24, 2.45) is 0 Å². The summed E-state index contributed by atoms with van der Waals surface area (Å²) in [4.78, 5) is 0. The maximum Gasteiger partial charge on any atom is 0.123 e. The summed E-state index contributed by atoms with van der Waals surface area (Å²) in [6, 6.07) is 7.16. The van der Waals surface area contributed by atoms with E-state index in [0.717, 1.165) is 25.8 Å². The van der Waals surface area contributed by atoms with Crippen LogP contribution in [-0.4, -0.2) is 17.5 Å². The van der Waals surface area contributed by atoms with Gasteiger partial charge in [0.05, 0.1) is 0 Å². The average molecular weight is 283 g/mol. The largest absolute Gasteiger partial charge is 0.309 e. The predicted molar refractivity (Wildman–Crippen MR) is 84.3 cm³/mol. The topological polar surface area (TPSA) is 12.0 Å². The van der Waals surface area contributed by atoms with Gasteiger partial charge >= 0.3 is 0 Å². The minimum Gasteiger partial charge on any atom is -0.309 e. The van der Waals surface area contributed by atoms with E-state index >= 15 is 0 Å². The smallest absolute Gasteiger partial charge is 0.123 e. The van der Waals surface area contributed by atoms with Gasteiger partial charge in [-0.2, -0.15) is 11.8 Å². The second-order valence-electron chi connectivity index (χ2n) is 4.99. The molecule has 0 heterocycles. The molecule has 1 aromatic rings. The number of thioether (sulfide) groups is 1. The van der Waals surface area contributed by atoms with Crippen LogP contribution in [0.25, 0.3) is 0 Å². The van der Waals surface area contributed by atoms with Gasteiger partial charge in [0, 0.05) is 17.3 Å². The molecule has 0 aliphatic carbocycles. The normalized spacial score (nSPS) is 13.5. The molecule has 0 saturated heterocycles. The molecule has 19 heavy (non-hydrogen) atoms. The third-order valence-electron chi connectivity index (χ3n) is 4.07. The van der Waals surface area contributed by atoms with Crippen molar-refractivity contribution in [3.05, 3.63) is 35.6 Å². The molecular weight excluding hydrogens is 257 g/mol. The van der Waals surface area contributed by atoms with Gasteiger partial charge in [-0.05, 0) is 43.2 Å². The van der Waals surface area contributed by atoms with Gasteiger partial charge < -0.3 is 5.32 Å². The van der Waals surface area contributed by atoms with Crippen LogP contribution in [0.3, 0.4) is 0 Å². The highest BCUT2D eigenvalue weighted by atomic mass is 32.2. The van der Waals surface area contributed by atoms with Crippen LogP contribution >= 0.6 is 11.8 Å². The predicted octanol–water partition coefficient (Wildman–Crippen LogP) is 4.79. The molecule has 0 spiro atoms. The first-order chi connectivity index (χ1) is 9.10. The highest BCUT2D eigenvalue weighted by Gasteiger charge is 2.25. The van der Waals surface area contributed by atoms with E-state index in [2.05, 4.69) is 32.3 Å². The van der Waals surface area contributed by atoms with Crippen molar-refractivity contribution >= 4 is 11.8 Å². The Morgan fingerprint density at radius 2 is 1.74 bits per heavy atom. The Balaban J connectivity index is 2.69. The molecule has 1 rings (SSSR count). The number of hydrogen-bond acceptors (Lipinski definition) is 2. The van der Waals surface area contributed by atoms with Crippen molar-refractivity contribution in [2.75, 3.05) is 12.8 Å². The molecule has 1 nitrogen and oxygen atoms in total. The Labute approximate surface area is 121 Å². The van der Waals surface area contributed by atoms with E-state index in [4.69, 9.17) is 0 Å². The van der Waals surface area contributed by atoms with E-state index in [-0.39, 0.29) is 5.82 Å². The number of nitrogens with one attached hydrogen (secondary N) is 1. The Morgan fingerprint density at radius 1 is 1.16 bits per heavy atom. The van der Waals surface area contributed by atoms with Crippen LogP contribution in [0.2, 0.25) is 0 Å². The van der Waals surface area contributed by atoms with Gasteiger partial charge in [-0.15, -0.1) is 0 Å². The second kappa shape index (κ2) is 7.91. The quantitative estimate of drug-likeness (QED) is 0.736. The van der Waals surface area contributed by atoms with Crippen molar-refractivity contribution in [3.63, 3.8) is 0 Å². The van der Waals surface area contributed by atoms with E-state index < -0.39 is 0 Å². The van der Waals surface area contributed by atoms with Crippen LogP contribution < -0.4 is 5.32 Å². The summed E-state index contributed by atoms with van der Waals surface area (Å²) >= 11 is 1.94. The molecule has 0 radical (unpaired) electrons. The first-order valence-electron chi connectivity index (χ1n) is 7.14. The maximum atomic E-state index is 13.0. The van der Waals surface area contributed by atoms with Gasteiger partial charge in [-0.3, -0.25) is 0 Å². The summed E-state index contributed by atoms with van der Waals surface area (Å²) < 4.78 is 13.3. The van der Waals surface area contributed by atoms with Crippen LogP contribution in [-0.2, 0) is 0 Å². The van der Waals surface area contributed by atoms with Gasteiger partial charge in [0.1, 0.15) is 5.82 Å². The Hall–Kier alpha value is -0.540. The molecule has 0 amide bonds. The minimum absolute atomic E-state index is 0.167.